The van der Waals surface area contributed by atoms with Crippen molar-refractivity contribution in [2.45, 2.75) is 12.5 Å². The fourth-order valence-electron chi connectivity index (χ4n) is 3.23. The molecule has 144 valence electrons. The molecule has 1 aromatic carbocycles. The molecule has 0 radical (unpaired) electrons. The Morgan fingerprint density at radius 3 is 2.83 bits per heavy atom. The van der Waals surface area contributed by atoms with Crippen LogP contribution >= 0.6 is 0 Å². The van der Waals surface area contributed by atoms with Crippen molar-refractivity contribution >= 4 is 16.6 Å². The predicted molar refractivity (Wildman–Crippen MR) is 107 cm³/mol. The van der Waals surface area contributed by atoms with Gasteiger partial charge in [0, 0.05) is 53.8 Å². The Kier molecular flexibility index (Phi) is 4.50. The summed E-state index contributed by atoms with van der Waals surface area (Å²) in [6.07, 6.45) is 6.80. The standard InChI is InChI=1S/C22H18N4O3/c27-20(14-3-4-25-22(7-14)29-19-10-23-11-19)8-18-6-17-5-15(21-12-24-13-28-21)1-2-16(17)9-26-18/h1-7,9,12-13,19,23H,8,10-11H2. The van der Waals surface area contributed by atoms with Gasteiger partial charge in [0.25, 0.3) is 0 Å². The molecule has 1 aliphatic rings. The number of pyridine rings is 2. The lowest BCUT2D eigenvalue weighted by molar-refractivity contribution is 0.0989. The number of oxazole rings is 1. The molecule has 0 amide bonds. The molecule has 0 atom stereocenters. The van der Waals surface area contributed by atoms with E-state index in [0.29, 0.717) is 22.9 Å². The SMILES string of the molecule is O=C(Cc1cc2cc(-c3cnco3)ccc2cn1)c1ccnc(OC2CNC2)c1. The molecule has 5 rings (SSSR count). The normalized spacial score (nSPS) is 13.9. The lowest BCUT2D eigenvalue weighted by Crippen LogP contribution is -2.50. The number of nitrogens with zero attached hydrogens (tertiary/aromatic N) is 3. The average molecular weight is 386 g/mol. The van der Waals surface area contributed by atoms with Gasteiger partial charge in [-0.05, 0) is 23.6 Å². The smallest absolute Gasteiger partial charge is 0.214 e. The molecule has 4 aromatic rings. The van der Waals surface area contributed by atoms with E-state index in [2.05, 4.69) is 20.3 Å². The quantitative estimate of drug-likeness (QED) is 0.509. The Hall–Kier alpha value is -3.58. The van der Waals surface area contributed by atoms with Crippen LogP contribution in [-0.2, 0) is 6.42 Å². The summed E-state index contributed by atoms with van der Waals surface area (Å²) in [6.45, 7) is 1.60. The van der Waals surface area contributed by atoms with Gasteiger partial charge in [0.2, 0.25) is 5.88 Å². The number of Topliss-reactive ketones (excluding diaryl/α,β-unsaturated/α-hetero) is 1. The number of benzene rings is 1. The number of rotatable bonds is 6. The number of ketones is 1. The topological polar surface area (TPSA) is 90.1 Å². The Bertz CT molecular complexity index is 1170. The summed E-state index contributed by atoms with van der Waals surface area (Å²) in [6, 6.07) is 11.3. The predicted octanol–water partition coefficient (Wildman–Crippen LogP) is 3.06. The second-order valence-corrected chi connectivity index (χ2v) is 6.98. The molecule has 29 heavy (non-hydrogen) atoms. The fraction of sp³-hybridized carbons (Fsp3) is 0.182. The molecule has 1 aliphatic heterocycles. The van der Waals surface area contributed by atoms with Crippen LogP contribution in [0.2, 0.25) is 0 Å². The third-order valence-corrected chi connectivity index (χ3v) is 4.93. The number of fused-ring (bicyclic) bond motifs is 1. The number of ether oxygens (including phenoxy) is 1. The summed E-state index contributed by atoms with van der Waals surface area (Å²) in [4.78, 5) is 25.4. The van der Waals surface area contributed by atoms with Crippen molar-refractivity contribution in [3.63, 3.8) is 0 Å². The van der Waals surface area contributed by atoms with Crippen molar-refractivity contribution in [2.75, 3.05) is 13.1 Å². The Morgan fingerprint density at radius 1 is 1.10 bits per heavy atom. The van der Waals surface area contributed by atoms with Crippen LogP contribution in [0.5, 0.6) is 5.88 Å². The van der Waals surface area contributed by atoms with Crippen LogP contribution in [0.15, 0.2) is 65.8 Å². The van der Waals surface area contributed by atoms with E-state index in [1.165, 1.54) is 6.39 Å². The van der Waals surface area contributed by atoms with Gasteiger partial charge in [-0.15, -0.1) is 0 Å². The molecule has 7 heteroatoms. The van der Waals surface area contributed by atoms with E-state index >= 15 is 0 Å². The first kappa shape index (κ1) is 17.5. The molecular formula is C22H18N4O3. The Balaban J connectivity index is 1.36. The summed E-state index contributed by atoms with van der Waals surface area (Å²) in [7, 11) is 0. The third kappa shape index (κ3) is 3.72. The van der Waals surface area contributed by atoms with Gasteiger partial charge in [-0.3, -0.25) is 9.78 Å². The van der Waals surface area contributed by atoms with Crippen LogP contribution in [0.1, 0.15) is 16.1 Å². The van der Waals surface area contributed by atoms with Crippen LogP contribution < -0.4 is 10.1 Å². The van der Waals surface area contributed by atoms with Gasteiger partial charge in [0.1, 0.15) is 6.10 Å². The highest BCUT2D eigenvalue weighted by Gasteiger charge is 2.19. The number of carbonyl (C=O) groups is 1. The maximum Gasteiger partial charge on any atom is 0.214 e. The molecular weight excluding hydrogens is 368 g/mol. The number of nitrogens with one attached hydrogen (secondary N) is 1. The number of hydrogen-bond donors (Lipinski definition) is 1. The molecule has 0 bridgehead atoms. The van der Waals surface area contributed by atoms with Crippen LogP contribution in [0.4, 0.5) is 0 Å². The monoisotopic (exact) mass is 386 g/mol. The van der Waals surface area contributed by atoms with E-state index in [9.17, 15) is 4.79 Å². The van der Waals surface area contributed by atoms with Gasteiger partial charge >= 0.3 is 0 Å². The molecule has 1 saturated heterocycles. The summed E-state index contributed by atoms with van der Waals surface area (Å²) in [5.74, 6) is 1.15. The average Bonchev–Trinajstić information content (AvgIpc) is 3.25. The zero-order chi connectivity index (χ0) is 19.6. The van der Waals surface area contributed by atoms with Crippen LogP contribution in [0.3, 0.4) is 0 Å². The Morgan fingerprint density at radius 2 is 2.03 bits per heavy atom. The zero-order valence-corrected chi connectivity index (χ0v) is 15.5. The highest BCUT2D eigenvalue weighted by molar-refractivity contribution is 5.98. The van der Waals surface area contributed by atoms with Crippen molar-refractivity contribution < 1.29 is 13.9 Å². The summed E-state index contributed by atoms with van der Waals surface area (Å²) < 4.78 is 11.1. The first-order chi connectivity index (χ1) is 14.2. The highest BCUT2D eigenvalue weighted by atomic mass is 16.5. The summed E-state index contributed by atoms with van der Waals surface area (Å²) in [5.41, 5.74) is 2.21. The van der Waals surface area contributed by atoms with Crippen molar-refractivity contribution in [1.82, 2.24) is 20.3 Å². The van der Waals surface area contributed by atoms with E-state index < -0.39 is 0 Å². The van der Waals surface area contributed by atoms with E-state index in [-0.39, 0.29) is 18.3 Å². The number of aromatic nitrogens is 3. The maximum atomic E-state index is 12.8. The highest BCUT2D eigenvalue weighted by Crippen LogP contribution is 2.24. The van der Waals surface area contributed by atoms with Crippen molar-refractivity contribution in [3.8, 4) is 17.2 Å². The minimum Gasteiger partial charge on any atom is -0.472 e. The lowest BCUT2D eigenvalue weighted by atomic mass is 10.0. The molecule has 1 N–H and O–H groups in total. The fourth-order valence-corrected chi connectivity index (χ4v) is 3.23. The second kappa shape index (κ2) is 7.44. The van der Waals surface area contributed by atoms with E-state index in [1.54, 1.807) is 30.7 Å². The van der Waals surface area contributed by atoms with E-state index in [1.807, 2.05) is 24.3 Å². The van der Waals surface area contributed by atoms with Crippen molar-refractivity contribution in [2.24, 2.45) is 0 Å². The minimum absolute atomic E-state index is 0.0257. The largest absolute Gasteiger partial charge is 0.472 e. The van der Waals surface area contributed by atoms with Gasteiger partial charge in [-0.2, -0.15) is 0 Å². The van der Waals surface area contributed by atoms with E-state index in [4.69, 9.17) is 9.15 Å². The van der Waals surface area contributed by atoms with Crippen molar-refractivity contribution in [3.05, 3.63) is 72.6 Å². The molecule has 0 aliphatic carbocycles. The molecule has 0 saturated carbocycles. The maximum absolute atomic E-state index is 12.8. The van der Waals surface area contributed by atoms with Gasteiger partial charge in [-0.1, -0.05) is 12.1 Å². The Labute approximate surface area is 166 Å². The van der Waals surface area contributed by atoms with E-state index in [0.717, 1.165) is 29.4 Å². The van der Waals surface area contributed by atoms with Crippen LogP contribution in [0.25, 0.3) is 22.1 Å². The molecule has 7 nitrogen and oxygen atoms in total. The molecule has 0 spiro atoms. The molecule has 3 aromatic heterocycles. The van der Waals surface area contributed by atoms with Gasteiger partial charge in [-0.25, -0.2) is 9.97 Å². The first-order valence-electron chi connectivity index (χ1n) is 9.39. The molecule has 1 fully saturated rings. The summed E-state index contributed by atoms with van der Waals surface area (Å²) in [5, 5.41) is 5.13. The minimum atomic E-state index is -0.0257. The van der Waals surface area contributed by atoms with Crippen LogP contribution in [0, 0.1) is 0 Å². The first-order valence-corrected chi connectivity index (χ1v) is 9.39. The van der Waals surface area contributed by atoms with Crippen LogP contribution in [-0.4, -0.2) is 39.9 Å². The number of carbonyl (C=O) groups excluding carboxylic acids is 1. The summed E-state index contributed by atoms with van der Waals surface area (Å²) >= 11 is 0. The number of hydrogen-bond acceptors (Lipinski definition) is 7. The molecule has 4 heterocycles. The zero-order valence-electron chi connectivity index (χ0n) is 15.5. The lowest BCUT2D eigenvalue weighted by Gasteiger charge is -2.27. The van der Waals surface area contributed by atoms with Gasteiger partial charge < -0.3 is 14.5 Å². The third-order valence-electron chi connectivity index (χ3n) is 4.93. The van der Waals surface area contributed by atoms with Crippen molar-refractivity contribution in [1.29, 1.82) is 0 Å². The molecule has 0 unspecified atom stereocenters. The second-order valence-electron chi connectivity index (χ2n) is 6.98. The van der Waals surface area contributed by atoms with Gasteiger partial charge in [0.15, 0.2) is 17.9 Å². The van der Waals surface area contributed by atoms with Gasteiger partial charge in [0.05, 0.1) is 12.6 Å².